The smallest absolute Gasteiger partial charge is 0.430 e. The maximum atomic E-state index is 11.1. The summed E-state index contributed by atoms with van der Waals surface area (Å²) < 4.78 is 31.5. The normalized spacial score (nSPS) is 14.2. The minimum Gasteiger partial charge on any atom is -0.542 e. The van der Waals surface area contributed by atoms with Crippen molar-refractivity contribution in [2.45, 2.75) is 31.9 Å². The van der Waals surface area contributed by atoms with Crippen LogP contribution in [0.5, 0.6) is 0 Å². The number of nitrogens with zero attached hydrogens (tertiary/aromatic N) is 1. The number of halogens is 3. The molecule has 0 spiro atoms. The average Bonchev–Trinajstić information content (AvgIpc) is 2.69. The van der Waals surface area contributed by atoms with Crippen LogP contribution in [-0.2, 0) is 14.4 Å². The first-order chi connectivity index (χ1) is 9.70. The fourth-order valence-electron chi connectivity index (χ4n) is 1.45. The van der Waals surface area contributed by atoms with Crippen molar-refractivity contribution in [2.75, 3.05) is 13.1 Å². The number of unbranched alkanes of at least 4 members (excludes halogenated alkanes) is 3. The molecule has 0 saturated carbocycles. The second kappa shape index (κ2) is 9.11. The molecule has 6 nitrogen and oxygen atoms in total. The average molecular weight is 310 g/mol. The first-order valence-corrected chi connectivity index (χ1v) is 6.31. The predicted octanol–water partition coefficient (Wildman–Crippen LogP) is -0.988. The molecule has 1 aliphatic heterocycles. The van der Waals surface area contributed by atoms with Crippen LogP contribution in [0.3, 0.4) is 0 Å². The highest BCUT2D eigenvalue weighted by molar-refractivity contribution is 6.12. The zero-order chi connectivity index (χ0) is 16.5. The van der Waals surface area contributed by atoms with Crippen LogP contribution in [0, 0.1) is 0 Å². The lowest BCUT2D eigenvalue weighted by molar-refractivity contribution is -0.368. The molecule has 9 heteroatoms. The number of hydrogen-bond donors (Lipinski definition) is 1. The van der Waals surface area contributed by atoms with E-state index in [2.05, 4.69) is 5.73 Å². The fraction of sp³-hybridized carbons (Fsp3) is 0.583. The summed E-state index contributed by atoms with van der Waals surface area (Å²) in [6.45, 7) is 1.52. The van der Waals surface area contributed by atoms with Crippen LogP contribution >= 0.6 is 0 Å². The van der Waals surface area contributed by atoms with Gasteiger partial charge in [0.1, 0.15) is 5.97 Å². The Kier molecular flexibility index (Phi) is 8.29. The SMILES string of the molecule is O=C([O-])C(F)(F)F.[NH3+]CCCCCCN1C(=O)C=CC1=O. The summed E-state index contributed by atoms with van der Waals surface area (Å²) in [5.74, 6) is -3.35. The molecular formula is C12H17F3N2O4. The summed E-state index contributed by atoms with van der Waals surface area (Å²) in [4.78, 5) is 32.3. The number of carboxylic acids is 1. The largest absolute Gasteiger partial charge is 0.542 e. The van der Waals surface area contributed by atoms with Crippen LogP contribution in [0.4, 0.5) is 13.2 Å². The summed E-state index contributed by atoms with van der Waals surface area (Å²) >= 11 is 0. The van der Waals surface area contributed by atoms with Gasteiger partial charge in [0, 0.05) is 18.7 Å². The quantitative estimate of drug-likeness (QED) is 0.502. The van der Waals surface area contributed by atoms with E-state index in [1.807, 2.05) is 0 Å². The molecule has 0 radical (unpaired) electrons. The maximum Gasteiger partial charge on any atom is 0.430 e. The van der Waals surface area contributed by atoms with E-state index in [1.165, 1.54) is 17.1 Å². The monoisotopic (exact) mass is 310 g/mol. The predicted molar refractivity (Wildman–Crippen MR) is 63.1 cm³/mol. The lowest BCUT2D eigenvalue weighted by Gasteiger charge is -2.12. The summed E-state index contributed by atoms with van der Waals surface area (Å²) in [5, 5.41) is 8.78. The van der Waals surface area contributed by atoms with Crippen LogP contribution in [-0.4, -0.2) is 41.9 Å². The van der Waals surface area contributed by atoms with Gasteiger partial charge in [0.15, 0.2) is 0 Å². The second-order valence-corrected chi connectivity index (χ2v) is 4.21. The van der Waals surface area contributed by atoms with E-state index in [9.17, 15) is 22.8 Å². The van der Waals surface area contributed by atoms with E-state index in [0.717, 1.165) is 32.2 Å². The number of carbonyl (C=O) groups is 3. The summed E-state index contributed by atoms with van der Waals surface area (Å²) in [6.07, 6.45) is 1.69. The van der Waals surface area contributed by atoms with Gasteiger partial charge in [-0.25, -0.2) is 0 Å². The second-order valence-electron chi connectivity index (χ2n) is 4.21. The standard InChI is InChI=1S/C10H16N2O2.C2HF3O2/c11-7-3-1-2-4-8-12-9(13)5-6-10(12)14;3-2(4,5)1(6)7/h5-6H,1-4,7-8,11H2;(H,6,7). The van der Waals surface area contributed by atoms with Crippen molar-refractivity contribution in [3.63, 3.8) is 0 Å². The van der Waals surface area contributed by atoms with Crippen LogP contribution in [0.25, 0.3) is 0 Å². The number of imide groups is 1. The molecule has 0 saturated heterocycles. The fourth-order valence-corrected chi connectivity index (χ4v) is 1.45. The third-order valence-corrected chi connectivity index (χ3v) is 2.51. The number of aliphatic carboxylic acids is 1. The van der Waals surface area contributed by atoms with Gasteiger partial charge in [-0.3, -0.25) is 14.5 Å². The van der Waals surface area contributed by atoms with Crippen molar-refractivity contribution in [1.82, 2.24) is 4.90 Å². The van der Waals surface area contributed by atoms with Crippen LogP contribution in [0.2, 0.25) is 0 Å². The zero-order valence-corrected chi connectivity index (χ0v) is 11.3. The highest BCUT2D eigenvalue weighted by Gasteiger charge is 2.28. The lowest BCUT2D eigenvalue weighted by atomic mass is 10.2. The number of carboxylic acid groups (broad SMARTS) is 1. The van der Waals surface area contributed by atoms with Crippen LogP contribution < -0.4 is 10.8 Å². The molecule has 21 heavy (non-hydrogen) atoms. The molecule has 0 aromatic heterocycles. The molecular weight excluding hydrogens is 293 g/mol. The molecule has 2 amide bonds. The number of alkyl halides is 3. The number of rotatable bonds is 6. The van der Waals surface area contributed by atoms with E-state index in [0.29, 0.717) is 6.54 Å². The molecule has 0 bridgehead atoms. The Morgan fingerprint density at radius 1 is 1.10 bits per heavy atom. The molecule has 0 aromatic rings. The van der Waals surface area contributed by atoms with Gasteiger partial charge in [0.05, 0.1) is 6.54 Å². The van der Waals surface area contributed by atoms with Crippen molar-refractivity contribution in [3.05, 3.63) is 12.2 Å². The molecule has 0 aromatic carbocycles. The van der Waals surface area contributed by atoms with E-state index in [4.69, 9.17) is 9.90 Å². The van der Waals surface area contributed by atoms with Crippen LogP contribution in [0.15, 0.2) is 12.2 Å². The molecule has 1 rings (SSSR count). The van der Waals surface area contributed by atoms with Gasteiger partial charge in [-0.05, 0) is 19.3 Å². The first-order valence-electron chi connectivity index (χ1n) is 6.31. The molecule has 0 aliphatic carbocycles. The van der Waals surface area contributed by atoms with E-state index in [-0.39, 0.29) is 11.8 Å². The van der Waals surface area contributed by atoms with E-state index in [1.54, 1.807) is 0 Å². The third-order valence-electron chi connectivity index (χ3n) is 2.51. The van der Waals surface area contributed by atoms with E-state index >= 15 is 0 Å². The highest BCUT2D eigenvalue weighted by atomic mass is 19.4. The van der Waals surface area contributed by atoms with Crippen LogP contribution in [0.1, 0.15) is 25.7 Å². The molecule has 120 valence electrons. The number of quaternary nitrogens is 1. The molecule has 1 heterocycles. The van der Waals surface area contributed by atoms with Gasteiger partial charge in [0.2, 0.25) is 0 Å². The minimum atomic E-state index is -5.19. The maximum absolute atomic E-state index is 11.1. The van der Waals surface area contributed by atoms with Crippen molar-refractivity contribution >= 4 is 17.8 Å². The molecule has 1 aliphatic rings. The van der Waals surface area contributed by atoms with E-state index < -0.39 is 12.1 Å². The summed E-state index contributed by atoms with van der Waals surface area (Å²) in [6, 6.07) is 0. The highest BCUT2D eigenvalue weighted by Crippen LogP contribution is 2.11. The van der Waals surface area contributed by atoms with Crippen molar-refractivity contribution in [1.29, 1.82) is 0 Å². The van der Waals surface area contributed by atoms with Gasteiger partial charge in [-0.2, -0.15) is 13.2 Å². The van der Waals surface area contributed by atoms with Gasteiger partial charge < -0.3 is 15.6 Å². The van der Waals surface area contributed by atoms with Gasteiger partial charge in [-0.1, -0.05) is 6.42 Å². The van der Waals surface area contributed by atoms with Crippen molar-refractivity contribution < 1.29 is 38.4 Å². The molecule has 0 fully saturated rings. The molecule has 0 atom stereocenters. The topological polar surface area (TPSA) is 105 Å². The Morgan fingerprint density at radius 2 is 1.52 bits per heavy atom. The van der Waals surface area contributed by atoms with Gasteiger partial charge in [0.25, 0.3) is 11.8 Å². The summed E-state index contributed by atoms with van der Waals surface area (Å²) in [5.41, 5.74) is 3.76. The molecule has 0 unspecified atom stereocenters. The lowest BCUT2D eigenvalue weighted by Crippen LogP contribution is -2.50. The Bertz CT molecular complexity index is 390. The Labute approximate surface area is 119 Å². The first kappa shape index (κ1) is 19.1. The third kappa shape index (κ3) is 8.08. The Balaban J connectivity index is 0.000000486. The number of carbonyl (C=O) groups excluding carboxylic acids is 3. The van der Waals surface area contributed by atoms with Crippen molar-refractivity contribution in [3.8, 4) is 0 Å². The van der Waals surface area contributed by atoms with Gasteiger partial charge in [-0.15, -0.1) is 0 Å². The zero-order valence-electron chi connectivity index (χ0n) is 11.3. The Hall–Kier alpha value is -1.90. The molecule has 3 N–H and O–H groups in total. The van der Waals surface area contributed by atoms with Gasteiger partial charge >= 0.3 is 6.18 Å². The minimum absolute atomic E-state index is 0.174. The van der Waals surface area contributed by atoms with Crippen molar-refractivity contribution in [2.24, 2.45) is 0 Å². The Morgan fingerprint density at radius 3 is 1.90 bits per heavy atom. The summed E-state index contributed by atoms with van der Waals surface area (Å²) in [7, 11) is 0. The number of amides is 2. The number of hydrogen-bond acceptors (Lipinski definition) is 4.